The second-order valence-corrected chi connectivity index (χ2v) is 8.69. The van der Waals surface area contributed by atoms with Crippen molar-refractivity contribution in [2.24, 2.45) is 0 Å². The Morgan fingerprint density at radius 1 is 1.25 bits per heavy atom. The Bertz CT molecular complexity index is 699. The molecule has 3 rings (SSSR count). The molecule has 24 heavy (non-hydrogen) atoms. The van der Waals surface area contributed by atoms with Gasteiger partial charge < -0.3 is 10.2 Å². The molecule has 2 saturated heterocycles. The van der Waals surface area contributed by atoms with Crippen LogP contribution < -0.4 is 5.32 Å². The zero-order valence-corrected chi connectivity index (χ0v) is 14.9. The lowest BCUT2D eigenvalue weighted by Gasteiger charge is -2.32. The largest absolute Gasteiger partial charge is 0.337 e. The molecule has 6 nitrogen and oxygen atoms in total. The minimum absolute atomic E-state index is 0.0411. The van der Waals surface area contributed by atoms with E-state index >= 15 is 0 Å². The van der Waals surface area contributed by atoms with E-state index in [1.165, 1.54) is 6.07 Å². The fourth-order valence-electron chi connectivity index (χ4n) is 3.44. The van der Waals surface area contributed by atoms with Gasteiger partial charge in [0.15, 0.2) is 9.84 Å². The van der Waals surface area contributed by atoms with Crippen LogP contribution >= 0.6 is 0 Å². The number of nitrogens with one attached hydrogen (secondary N) is 1. The van der Waals surface area contributed by atoms with Crippen molar-refractivity contribution >= 4 is 15.7 Å². The van der Waals surface area contributed by atoms with E-state index < -0.39 is 9.84 Å². The van der Waals surface area contributed by atoms with E-state index in [2.05, 4.69) is 10.2 Å². The van der Waals surface area contributed by atoms with Gasteiger partial charge in [0, 0.05) is 50.9 Å². The first kappa shape index (κ1) is 17.4. The first-order chi connectivity index (χ1) is 11.5. The number of rotatable bonds is 4. The number of nitrogens with zero attached hydrogens (tertiary/aromatic N) is 2. The molecule has 2 fully saturated rings. The summed E-state index contributed by atoms with van der Waals surface area (Å²) in [6.07, 6.45) is 0.985. The van der Waals surface area contributed by atoms with Crippen molar-refractivity contribution in [3.63, 3.8) is 0 Å². The molecular formula is C17H25N3O3S. The van der Waals surface area contributed by atoms with Gasteiger partial charge in [-0.15, -0.1) is 0 Å². The third-order valence-corrected chi connectivity index (χ3v) is 6.67. The van der Waals surface area contributed by atoms with Gasteiger partial charge in [0.2, 0.25) is 0 Å². The number of carbonyl (C=O) groups is 1. The van der Waals surface area contributed by atoms with Crippen LogP contribution in [0.15, 0.2) is 29.2 Å². The fourth-order valence-corrected chi connectivity index (χ4v) is 4.37. The van der Waals surface area contributed by atoms with Crippen molar-refractivity contribution < 1.29 is 13.2 Å². The van der Waals surface area contributed by atoms with Gasteiger partial charge in [0.25, 0.3) is 5.91 Å². The Balaban J connectivity index is 1.70. The summed E-state index contributed by atoms with van der Waals surface area (Å²) in [5.41, 5.74) is 0.463. The highest BCUT2D eigenvalue weighted by atomic mass is 32.2. The lowest BCUT2D eigenvalue weighted by molar-refractivity contribution is 0.0773. The van der Waals surface area contributed by atoms with Crippen LogP contribution in [0.3, 0.4) is 0 Å². The second-order valence-electron chi connectivity index (χ2n) is 6.41. The molecule has 1 N–H and O–H groups in total. The Hall–Kier alpha value is -1.44. The van der Waals surface area contributed by atoms with Crippen molar-refractivity contribution in [3.05, 3.63) is 29.8 Å². The Morgan fingerprint density at radius 2 is 2.00 bits per heavy atom. The highest BCUT2D eigenvalue weighted by Gasteiger charge is 2.31. The standard InChI is InChI=1S/C17H25N3O3S/c1-2-24(22,23)16-5-3-4-14(12-16)17(21)20-9-6-15(13-20)19-10-7-18-8-11-19/h3-5,12,15,18H,2,6-11,13H2,1H3. The summed E-state index contributed by atoms with van der Waals surface area (Å²) in [5.74, 6) is -0.0276. The Kier molecular flexibility index (Phi) is 5.22. The van der Waals surface area contributed by atoms with Gasteiger partial charge in [0.05, 0.1) is 10.6 Å². The van der Waals surface area contributed by atoms with Gasteiger partial charge in [-0.2, -0.15) is 0 Å². The number of sulfone groups is 1. The summed E-state index contributed by atoms with van der Waals surface area (Å²) in [7, 11) is -3.29. The maximum atomic E-state index is 12.7. The van der Waals surface area contributed by atoms with Gasteiger partial charge in [-0.1, -0.05) is 13.0 Å². The summed E-state index contributed by atoms with van der Waals surface area (Å²) in [6.45, 7) is 7.13. The smallest absolute Gasteiger partial charge is 0.253 e. The van der Waals surface area contributed by atoms with E-state index in [0.717, 1.165) is 45.7 Å². The van der Waals surface area contributed by atoms with Crippen LogP contribution in [0.5, 0.6) is 0 Å². The topological polar surface area (TPSA) is 69.7 Å². The highest BCUT2D eigenvalue weighted by Crippen LogP contribution is 2.20. The lowest BCUT2D eigenvalue weighted by Crippen LogP contribution is -2.49. The first-order valence-electron chi connectivity index (χ1n) is 8.58. The molecule has 1 unspecified atom stereocenters. The van der Waals surface area contributed by atoms with E-state index in [4.69, 9.17) is 0 Å². The van der Waals surface area contributed by atoms with Crippen LogP contribution in [-0.4, -0.2) is 75.2 Å². The Labute approximate surface area is 143 Å². The first-order valence-corrected chi connectivity index (χ1v) is 10.2. The fraction of sp³-hybridized carbons (Fsp3) is 0.588. The number of piperazine rings is 1. The molecule has 2 heterocycles. The molecule has 132 valence electrons. The van der Waals surface area contributed by atoms with Gasteiger partial charge in [-0.25, -0.2) is 8.42 Å². The van der Waals surface area contributed by atoms with E-state index in [-0.39, 0.29) is 16.6 Å². The normalized spacial score (nSPS) is 22.7. The molecule has 1 aromatic rings. The van der Waals surface area contributed by atoms with Crippen molar-refractivity contribution in [1.82, 2.24) is 15.1 Å². The third kappa shape index (κ3) is 3.63. The average Bonchev–Trinajstić information content (AvgIpc) is 3.12. The number of benzene rings is 1. The van der Waals surface area contributed by atoms with Crippen molar-refractivity contribution in [1.29, 1.82) is 0 Å². The van der Waals surface area contributed by atoms with Gasteiger partial charge >= 0.3 is 0 Å². The van der Waals surface area contributed by atoms with E-state index in [1.54, 1.807) is 25.1 Å². The molecule has 0 radical (unpaired) electrons. The monoisotopic (exact) mass is 351 g/mol. The molecule has 0 spiro atoms. The summed E-state index contributed by atoms with van der Waals surface area (Å²) in [5, 5.41) is 3.34. The maximum absolute atomic E-state index is 12.7. The van der Waals surface area contributed by atoms with Gasteiger partial charge in [0.1, 0.15) is 0 Å². The van der Waals surface area contributed by atoms with E-state index in [1.807, 2.05) is 4.90 Å². The molecular weight excluding hydrogens is 326 g/mol. The van der Waals surface area contributed by atoms with Crippen LogP contribution in [0.2, 0.25) is 0 Å². The number of carbonyl (C=O) groups excluding carboxylic acids is 1. The van der Waals surface area contributed by atoms with Gasteiger partial charge in [-0.3, -0.25) is 9.69 Å². The van der Waals surface area contributed by atoms with Gasteiger partial charge in [-0.05, 0) is 24.6 Å². The minimum Gasteiger partial charge on any atom is -0.337 e. The van der Waals surface area contributed by atoms with Crippen LogP contribution in [-0.2, 0) is 9.84 Å². The molecule has 0 aromatic heterocycles. The predicted octanol–water partition coefficient (Wildman–Crippen LogP) is 0.600. The van der Waals surface area contributed by atoms with Crippen molar-refractivity contribution in [2.45, 2.75) is 24.3 Å². The molecule has 1 amide bonds. The summed E-state index contributed by atoms with van der Waals surface area (Å²) in [4.78, 5) is 17.3. The van der Waals surface area contributed by atoms with E-state index in [9.17, 15) is 13.2 Å². The number of hydrogen-bond donors (Lipinski definition) is 1. The summed E-state index contributed by atoms with van der Waals surface area (Å²) in [6, 6.07) is 6.84. The molecule has 2 aliphatic heterocycles. The van der Waals surface area contributed by atoms with Crippen molar-refractivity contribution in [2.75, 3.05) is 45.0 Å². The molecule has 7 heteroatoms. The minimum atomic E-state index is -3.29. The quantitative estimate of drug-likeness (QED) is 0.860. The average molecular weight is 351 g/mol. The van der Waals surface area contributed by atoms with Crippen LogP contribution in [0.1, 0.15) is 23.7 Å². The number of amides is 1. The molecule has 0 bridgehead atoms. The second kappa shape index (κ2) is 7.21. The Morgan fingerprint density at radius 3 is 2.71 bits per heavy atom. The number of hydrogen-bond acceptors (Lipinski definition) is 5. The molecule has 1 atom stereocenters. The van der Waals surface area contributed by atoms with Crippen LogP contribution in [0, 0.1) is 0 Å². The number of likely N-dealkylation sites (tertiary alicyclic amines) is 1. The van der Waals surface area contributed by atoms with Crippen LogP contribution in [0.25, 0.3) is 0 Å². The van der Waals surface area contributed by atoms with Crippen LogP contribution in [0.4, 0.5) is 0 Å². The summed E-state index contributed by atoms with van der Waals surface area (Å²) >= 11 is 0. The molecule has 0 saturated carbocycles. The zero-order valence-electron chi connectivity index (χ0n) is 14.1. The van der Waals surface area contributed by atoms with E-state index in [0.29, 0.717) is 11.6 Å². The predicted molar refractivity (Wildman–Crippen MR) is 92.9 cm³/mol. The maximum Gasteiger partial charge on any atom is 0.253 e. The van der Waals surface area contributed by atoms with Crippen molar-refractivity contribution in [3.8, 4) is 0 Å². The molecule has 2 aliphatic rings. The molecule has 0 aliphatic carbocycles. The highest BCUT2D eigenvalue weighted by molar-refractivity contribution is 7.91. The molecule has 1 aromatic carbocycles. The lowest BCUT2D eigenvalue weighted by atomic mass is 10.2. The third-order valence-electron chi connectivity index (χ3n) is 4.94. The zero-order chi connectivity index (χ0) is 17.2. The summed E-state index contributed by atoms with van der Waals surface area (Å²) < 4.78 is 24.0. The SMILES string of the molecule is CCS(=O)(=O)c1cccc(C(=O)N2CCC(N3CCNCC3)C2)c1.